The minimum atomic E-state index is -0.828. The van der Waals surface area contributed by atoms with Crippen LogP contribution in [-0.2, 0) is 4.84 Å². The van der Waals surface area contributed by atoms with E-state index < -0.39 is 11.9 Å². The molecule has 1 N–H and O–H groups in total. The van der Waals surface area contributed by atoms with Crippen LogP contribution in [0.1, 0.15) is 20.9 Å². The van der Waals surface area contributed by atoms with Crippen LogP contribution in [0, 0.1) is 0 Å². The smallest absolute Gasteiger partial charge is 0.363 e. The van der Waals surface area contributed by atoms with Gasteiger partial charge in [0.1, 0.15) is 10.3 Å². The summed E-state index contributed by atoms with van der Waals surface area (Å²) in [6.07, 6.45) is 1.32. The van der Waals surface area contributed by atoms with Crippen LogP contribution in [0.5, 0.6) is 0 Å². The van der Waals surface area contributed by atoms with E-state index in [4.69, 9.17) is 27.6 Å². The lowest BCUT2D eigenvalue weighted by Crippen LogP contribution is -2.26. The molecule has 8 heteroatoms. The van der Waals surface area contributed by atoms with Crippen LogP contribution in [-0.4, -0.2) is 16.9 Å². The number of hydrogen-bond acceptors (Lipinski definition) is 5. The summed E-state index contributed by atoms with van der Waals surface area (Å²) in [5.74, 6) is -1.51. The van der Waals surface area contributed by atoms with Crippen LogP contribution in [0.3, 0.4) is 0 Å². The summed E-state index contributed by atoms with van der Waals surface area (Å²) >= 11 is 11.3. The molecule has 98 valence electrons. The number of halogens is 2. The number of hydroxylamine groups is 1. The van der Waals surface area contributed by atoms with E-state index in [-0.39, 0.29) is 21.6 Å². The zero-order valence-electron chi connectivity index (χ0n) is 9.22. The highest BCUT2D eigenvalue weighted by molar-refractivity contribution is 6.32. The van der Waals surface area contributed by atoms with E-state index in [1.165, 1.54) is 30.5 Å². The Morgan fingerprint density at radius 2 is 1.95 bits per heavy atom. The molecule has 0 atom stereocenters. The fourth-order valence-corrected chi connectivity index (χ4v) is 1.65. The Morgan fingerprint density at radius 3 is 2.53 bits per heavy atom. The minimum Gasteiger partial charge on any atom is -0.459 e. The highest BCUT2D eigenvalue weighted by Gasteiger charge is 2.14. The van der Waals surface area contributed by atoms with Crippen molar-refractivity contribution in [3.8, 4) is 0 Å². The molecular formula is C11H6Cl2N2O4. The molecule has 1 amide bonds. The predicted molar refractivity (Wildman–Crippen MR) is 65.8 cm³/mol. The Labute approximate surface area is 117 Å². The van der Waals surface area contributed by atoms with Crippen molar-refractivity contribution in [1.82, 2.24) is 10.5 Å². The van der Waals surface area contributed by atoms with Crippen molar-refractivity contribution in [3.05, 3.63) is 52.2 Å². The number of rotatable bonds is 2. The third kappa shape index (κ3) is 3.46. The van der Waals surface area contributed by atoms with Crippen molar-refractivity contribution in [2.45, 2.75) is 0 Å². The molecule has 2 heterocycles. The molecule has 19 heavy (non-hydrogen) atoms. The zero-order chi connectivity index (χ0) is 13.8. The van der Waals surface area contributed by atoms with E-state index in [2.05, 4.69) is 9.82 Å². The van der Waals surface area contributed by atoms with Crippen molar-refractivity contribution in [3.63, 3.8) is 0 Å². The van der Waals surface area contributed by atoms with Gasteiger partial charge in [0.2, 0.25) is 0 Å². The summed E-state index contributed by atoms with van der Waals surface area (Å²) in [6.45, 7) is 0. The lowest BCUT2D eigenvalue weighted by atomic mass is 10.3. The third-order valence-electron chi connectivity index (χ3n) is 1.98. The molecule has 0 fully saturated rings. The monoisotopic (exact) mass is 300 g/mol. The highest BCUT2D eigenvalue weighted by atomic mass is 35.5. The maximum Gasteiger partial charge on any atom is 0.363 e. The molecule has 6 nitrogen and oxygen atoms in total. The molecule has 0 saturated carbocycles. The first-order valence-electron chi connectivity index (χ1n) is 4.94. The number of hydrogen-bond donors (Lipinski definition) is 1. The van der Waals surface area contributed by atoms with Gasteiger partial charge in [0, 0.05) is 0 Å². The van der Waals surface area contributed by atoms with Gasteiger partial charge in [0.05, 0.1) is 11.8 Å². The molecule has 0 unspecified atom stereocenters. The average Bonchev–Trinajstić information content (AvgIpc) is 2.88. The Bertz CT molecular complexity index is 593. The number of amides is 1. The molecular weight excluding hydrogens is 295 g/mol. The lowest BCUT2D eigenvalue weighted by Gasteiger charge is -2.04. The summed E-state index contributed by atoms with van der Waals surface area (Å²) < 4.78 is 4.82. The molecule has 0 aliphatic carbocycles. The molecule has 0 aromatic carbocycles. The zero-order valence-corrected chi connectivity index (χ0v) is 10.7. The Balaban J connectivity index is 2.00. The molecule has 0 bridgehead atoms. The number of carbonyl (C=O) groups excluding carboxylic acids is 2. The fraction of sp³-hybridized carbons (Fsp3) is 0. The summed E-state index contributed by atoms with van der Waals surface area (Å²) in [6, 6.07) is 5.46. The van der Waals surface area contributed by atoms with E-state index in [1.807, 2.05) is 5.48 Å². The number of nitrogens with one attached hydrogen (secondary N) is 1. The van der Waals surface area contributed by atoms with E-state index in [9.17, 15) is 9.59 Å². The van der Waals surface area contributed by atoms with Gasteiger partial charge in [-0.25, -0.2) is 9.78 Å². The van der Waals surface area contributed by atoms with Crippen LogP contribution < -0.4 is 5.48 Å². The quantitative estimate of drug-likeness (QED) is 0.680. The highest BCUT2D eigenvalue weighted by Crippen LogP contribution is 2.15. The van der Waals surface area contributed by atoms with Crippen molar-refractivity contribution in [1.29, 1.82) is 0 Å². The molecule has 2 aromatic rings. The standard InChI is InChI=1S/C11H6Cl2N2O4/c12-8-4-6(5-9(13)14-8)11(17)19-15-10(16)7-2-1-3-18-7/h1-5H,(H,15,16). The van der Waals surface area contributed by atoms with Crippen molar-refractivity contribution < 1.29 is 18.8 Å². The van der Waals surface area contributed by atoms with Crippen molar-refractivity contribution >= 4 is 35.1 Å². The second kappa shape index (κ2) is 5.73. The Hall–Kier alpha value is -2.05. The maximum absolute atomic E-state index is 11.6. The second-order valence-electron chi connectivity index (χ2n) is 3.30. The molecule has 0 saturated heterocycles. The number of nitrogens with zero attached hydrogens (tertiary/aromatic N) is 1. The van der Waals surface area contributed by atoms with Crippen LogP contribution in [0.15, 0.2) is 34.9 Å². The molecule has 2 aromatic heterocycles. The summed E-state index contributed by atoms with van der Waals surface area (Å²) in [4.78, 5) is 31.3. The minimum absolute atomic E-state index is 0.0126. The van der Waals surface area contributed by atoms with Gasteiger partial charge in [0.25, 0.3) is 0 Å². The molecule has 0 radical (unpaired) electrons. The largest absolute Gasteiger partial charge is 0.459 e. The average molecular weight is 301 g/mol. The van der Waals surface area contributed by atoms with Crippen molar-refractivity contribution in [2.24, 2.45) is 0 Å². The molecule has 0 aliphatic heterocycles. The van der Waals surface area contributed by atoms with Crippen LogP contribution in [0.2, 0.25) is 10.3 Å². The van der Waals surface area contributed by atoms with Crippen molar-refractivity contribution in [2.75, 3.05) is 0 Å². The van der Waals surface area contributed by atoms with Crippen LogP contribution >= 0.6 is 23.2 Å². The first-order chi connectivity index (χ1) is 9.06. The van der Waals surface area contributed by atoms with Gasteiger partial charge in [-0.3, -0.25) is 4.79 Å². The van der Waals surface area contributed by atoms with Gasteiger partial charge >= 0.3 is 11.9 Å². The maximum atomic E-state index is 11.6. The Morgan fingerprint density at radius 1 is 1.26 bits per heavy atom. The second-order valence-corrected chi connectivity index (χ2v) is 4.07. The van der Waals surface area contributed by atoms with E-state index in [0.29, 0.717) is 0 Å². The van der Waals surface area contributed by atoms with E-state index in [0.717, 1.165) is 0 Å². The van der Waals surface area contributed by atoms with Gasteiger partial charge in [-0.1, -0.05) is 23.2 Å². The number of pyridine rings is 1. The number of carbonyl (C=O) groups is 2. The first kappa shape index (κ1) is 13.4. The van der Waals surface area contributed by atoms with Gasteiger partial charge < -0.3 is 9.25 Å². The summed E-state index contributed by atoms with van der Waals surface area (Å²) in [5.41, 5.74) is 1.99. The first-order valence-corrected chi connectivity index (χ1v) is 5.70. The fourth-order valence-electron chi connectivity index (χ4n) is 1.19. The summed E-state index contributed by atoms with van der Waals surface area (Å²) in [5, 5.41) is 0.0774. The third-order valence-corrected chi connectivity index (χ3v) is 2.37. The molecule has 2 rings (SSSR count). The van der Waals surface area contributed by atoms with E-state index >= 15 is 0 Å². The molecule has 0 spiro atoms. The Kier molecular flexibility index (Phi) is 4.03. The number of aromatic nitrogens is 1. The van der Waals surface area contributed by atoms with Gasteiger partial charge in [0.15, 0.2) is 5.76 Å². The van der Waals surface area contributed by atoms with Gasteiger partial charge in [-0.2, -0.15) is 5.48 Å². The molecule has 0 aliphatic rings. The van der Waals surface area contributed by atoms with Gasteiger partial charge in [-0.05, 0) is 24.3 Å². The summed E-state index contributed by atoms with van der Waals surface area (Å²) in [7, 11) is 0. The predicted octanol–water partition coefficient (Wildman–Crippen LogP) is 2.48. The van der Waals surface area contributed by atoms with Gasteiger partial charge in [-0.15, -0.1) is 0 Å². The lowest BCUT2D eigenvalue weighted by molar-refractivity contribution is 0.0219. The normalized spacial score (nSPS) is 10.0. The van der Waals surface area contributed by atoms with Crippen LogP contribution in [0.4, 0.5) is 0 Å². The topological polar surface area (TPSA) is 81.4 Å². The van der Waals surface area contributed by atoms with E-state index in [1.54, 1.807) is 0 Å². The van der Waals surface area contributed by atoms with Crippen LogP contribution in [0.25, 0.3) is 0 Å². The SMILES string of the molecule is O=C(ONC(=O)c1ccco1)c1cc(Cl)nc(Cl)c1. The number of furan rings is 1.